The largest absolute Gasteiger partial charge is 0.419 e. The highest BCUT2D eigenvalue weighted by Crippen LogP contribution is 2.32. The zero-order chi connectivity index (χ0) is 17.3. The molecule has 2 aromatic rings. The van der Waals surface area contributed by atoms with Crippen LogP contribution in [-0.2, 0) is 6.18 Å². The Kier molecular flexibility index (Phi) is 4.22. The summed E-state index contributed by atoms with van der Waals surface area (Å²) in [6.07, 6.45) is -1.77. The molecule has 2 atom stereocenters. The molecule has 1 amide bonds. The molecule has 128 valence electrons. The van der Waals surface area contributed by atoms with Crippen molar-refractivity contribution >= 4 is 5.91 Å². The predicted molar refractivity (Wildman–Crippen MR) is 74.6 cm³/mol. The SMILES string of the molecule is O=C(N[C@@H]1CNC[C@@H]1n1ccnn1)c1cccc(C(F)(F)F)c1F. The van der Waals surface area contributed by atoms with Crippen molar-refractivity contribution in [1.29, 1.82) is 0 Å². The van der Waals surface area contributed by atoms with Gasteiger partial charge in [-0.25, -0.2) is 9.07 Å². The molecule has 1 aliphatic heterocycles. The van der Waals surface area contributed by atoms with Crippen LogP contribution in [0.25, 0.3) is 0 Å². The molecule has 0 spiro atoms. The lowest BCUT2D eigenvalue weighted by Gasteiger charge is -2.20. The number of hydrogen-bond donors (Lipinski definition) is 2. The van der Waals surface area contributed by atoms with Crippen molar-refractivity contribution in [1.82, 2.24) is 25.6 Å². The third-order valence-corrected chi connectivity index (χ3v) is 3.83. The summed E-state index contributed by atoms with van der Waals surface area (Å²) in [5.41, 5.74) is -2.11. The third kappa shape index (κ3) is 3.09. The van der Waals surface area contributed by atoms with Gasteiger partial charge in [-0.1, -0.05) is 11.3 Å². The Hall–Kier alpha value is -2.49. The minimum Gasteiger partial charge on any atom is -0.346 e. The number of halogens is 4. The van der Waals surface area contributed by atoms with E-state index in [-0.39, 0.29) is 6.04 Å². The molecule has 1 aliphatic rings. The maximum Gasteiger partial charge on any atom is 0.419 e. The molecule has 24 heavy (non-hydrogen) atoms. The topological polar surface area (TPSA) is 71.8 Å². The van der Waals surface area contributed by atoms with Gasteiger partial charge >= 0.3 is 6.18 Å². The van der Waals surface area contributed by atoms with E-state index in [1.807, 2.05) is 0 Å². The first kappa shape index (κ1) is 16.4. The number of amides is 1. The second kappa shape index (κ2) is 6.19. The molecule has 2 N–H and O–H groups in total. The lowest BCUT2D eigenvalue weighted by atomic mass is 10.1. The highest BCUT2D eigenvalue weighted by Gasteiger charge is 2.36. The van der Waals surface area contributed by atoms with Crippen molar-refractivity contribution in [3.8, 4) is 0 Å². The Bertz CT molecular complexity index is 731. The second-order valence-electron chi connectivity index (χ2n) is 5.35. The van der Waals surface area contributed by atoms with Gasteiger partial charge in [-0.2, -0.15) is 13.2 Å². The highest BCUT2D eigenvalue weighted by molar-refractivity contribution is 5.95. The van der Waals surface area contributed by atoms with E-state index in [1.165, 1.54) is 10.9 Å². The van der Waals surface area contributed by atoms with Crippen LogP contribution in [0.2, 0.25) is 0 Å². The first-order valence-corrected chi connectivity index (χ1v) is 7.11. The summed E-state index contributed by atoms with van der Waals surface area (Å²) in [7, 11) is 0. The average molecular weight is 343 g/mol. The van der Waals surface area contributed by atoms with Crippen molar-refractivity contribution in [2.24, 2.45) is 0 Å². The molecule has 0 unspecified atom stereocenters. The smallest absolute Gasteiger partial charge is 0.346 e. The summed E-state index contributed by atoms with van der Waals surface area (Å²) in [5.74, 6) is -2.48. The van der Waals surface area contributed by atoms with Gasteiger partial charge in [0, 0.05) is 19.3 Å². The maximum absolute atomic E-state index is 14.0. The lowest BCUT2D eigenvalue weighted by molar-refractivity contribution is -0.140. The highest BCUT2D eigenvalue weighted by atomic mass is 19.4. The van der Waals surface area contributed by atoms with E-state index >= 15 is 0 Å². The fourth-order valence-corrected chi connectivity index (χ4v) is 2.66. The van der Waals surface area contributed by atoms with Gasteiger partial charge in [0.05, 0.1) is 29.4 Å². The summed E-state index contributed by atoms with van der Waals surface area (Å²) in [6.45, 7) is 0.885. The minimum absolute atomic E-state index is 0.259. The monoisotopic (exact) mass is 343 g/mol. The predicted octanol–water partition coefficient (Wildman–Crippen LogP) is 1.38. The summed E-state index contributed by atoms with van der Waals surface area (Å²) in [4.78, 5) is 12.2. The van der Waals surface area contributed by atoms with Crippen LogP contribution in [0.1, 0.15) is 22.0 Å². The number of benzene rings is 1. The summed E-state index contributed by atoms with van der Waals surface area (Å²) < 4.78 is 53.8. The van der Waals surface area contributed by atoms with Crippen molar-refractivity contribution < 1.29 is 22.4 Å². The molecule has 0 bridgehead atoms. The third-order valence-electron chi connectivity index (χ3n) is 3.83. The van der Waals surface area contributed by atoms with E-state index in [2.05, 4.69) is 20.9 Å². The van der Waals surface area contributed by atoms with Crippen LogP contribution in [0.4, 0.5) is 17.6 Å². The van der Waals surface area contributed by atoms with Crippen molar-refractivity contribution in [3.05, 3.63) is 47.5 Å². The Morgan fingerprint density at radius 1 is 1.33 bits per heavy atom. The van der Waals surface area contributed by atoms with Crippen LogP contribution in [0.5, 0.6) is 0 Å². The van der Waals surface area contributed by atoms with Gasteiger partial charge in [-0.15, -0.1) is 5.10 Å². The first-order chi connectivity index (χ1) is 11.4. The van der Waals surface area contributed by atoms with Crippen molar-refractivity contribution in [3.63, 3.8) is 0 Å². The standard InChI is InChI=1S/C14H13F4N5O/c15-12-8(2-1-3-9(12)14(16,17)18)13(24)21-10-6-19-7-11(10)23-5-4-20-22-23/h1-5,10-11,19H,6-7H2,(H,21,24)/t10-,11+/m1/s1. The molecule has 0 aliphatic carbocycles. The number of rotatable bonds is 3. The Labute approximate surface area is 133 Å². The van der Waals surface area contributed by atoms with Gasteiger partial charge in [-0.05, 0) is 12.1 Å². The number of carbonyl (C=O) groups excluding carboxylic acids is 1. The van der Waals surface area contributed by atoms with Crippen molar-refractivity contribution in [2.45, 2.75) is 18.3 Å². The van der Waals surface area contributed by atoms with Gasteiger partial charge < -0.3 is 10.6 Å². The van der Waals surface area contributed by atoms with Gasteiger partial charge in [0.15, 0.2) is 0 Å². The molecule has 2 heterocycles. The van der Waals surface area contributed by atoms with Crippen LogP contribution < -0.4 is 10.6 Å². The number of nitrogens with zero attached hydrogens (tertiary/aromatic N) is 3. The number of carbonyl (C=O) groups is 1. The van der Waals surface area contributed by atoms with Crippen LogP contribution in [0.3, 0.4) is 0 Å². The molecular formula is C14H13F4N5O. The van der Waals surface area contributed by atoms with Gasteiger partial charge in [0.2, 0.25) is 0 Å². The van der Waals surface area contributed by atoms with E-state index < -0.39 is 35.1 Å². The van der Waals surface area contributed by atoms with E-state index in [9.17, 15) is 22.4 Å². The van der Waals surface area contributed by atoms with E-state index in [0.29, 0.717) is 19.2 Å². The molecule has 6 nitrogen and oxygen atoms in total. The van der Waals surface area contributed by atoms with Gasteiger partial charge in [-0.3, -0.25) is 4.79 Å². The average Bonchev–Trinajstić information content (AvgIpc) is 3.16. The molecule has 1 fully saturated rings. The van der Waals surface area contributed by atoms with Crippen LogP contribution in [0, 0.1) is 5.82 Å². The Balaban J connectivity index is 1.80. The summed E-state index contributed by atoms with van der Waals surface area (Å²) >= 11 is 0. The lowest BCUT2D eigenvalue weighted by Crippen LogP contribution is -2.41. The summed E-state index contributed by atoms with van der Waals surface area (Å²) in [6, 6.07) is 1.91. The Morgan fingerprint density at radius 2 is 2.12 bits per heavy atom. The normalized spacial score (nSPS) is 21.0. The fraction of sp³-hybridized carbons (Fsp3) is 0.357. The van der Waals surface area contributed by atoms with Crippen LogP contribution >= 0.6 is 0 Å². The second-order valence-corrected chi connectivity index (χ2v) is 5.35. The number of aromatic nitrogens is 3. The number of alkyl halides is 3. The number of nitrogens with one attached hydrogen (secondary N) is 2. The van der Waals surface area contributed by atoms with E-state index in [4.69, 9.17) is 0 Å². The van der Waals surface area contributed by atoms with E-state index in [1.54, 1.807) is 6.20 Å². The fourth-order valence-electron chi connectivity index (χ4n) is 2.66. The molecule has 3 rings (SSSR count). The molecule has 1 aromatic carbocycles. The number of hydrogen-bond acceptors (Lipinski definition) is 4. The van der Waals surface area contributed by atoms with E-state index in [0.717, 1.165) is 12.1 Å². The van der Waals surface area contributed by atoms with Crippen LogP contribution in [0.15, 0.2) is 30.6 Å². The molecule has 10 heteroatoms. The Morgan fingerprint density at radius 3 is 2.79 bits per heavy atom. The molecular weight excluding hydrogens is 330 g/mol. The molecule has 0 saturated carbocycles. The van der Waals surface area contributed by atoms with Crippen molar-refractivity contribution in [2.75, 3.05) is 13.1 Å². The van der Waals surface area contributed by atoms with Gasteiger partial charge in [0.1, 0.15) is 5.82 Å². The minimum atomic E-state index is -4.86. The molecule has 0 radical (unpaired) electrons. The maximum atomic E-state index is 14.0. The quantitative estimate of drug-likeness (QED) is 0.826. The van der Waals surface area contributed by atoms with Gasteiger partial charge in [0.25, 0.3) is 5.91 Å². The molecule has 1 saturated heterocycles. The molecule has 1 aromatic heterocycles. The zero-order valence-corrected chi connectivity index (χ0v) is 12.2. The summed E-state index contributed by atoms with van der Waals surface area (Å²) in [5, 5.41) is 13.1. The zero-order valence-electron chi connectivity index (χ0n) is 12.2. The van der Waals surface area contributed by atoms with Crippen LogP contribution in [-0.4, -0.2) is 40.0 Å². The first-order valence-electron chi connectivity index (χ1n) is 7.11.